The van der Waals surface area contributed by atoms with Gasteiger partial charge in [-0.3, -0.25) is 0 Å². The number of rotatable bonds is 25. The van der Waals surface area contributed by atoms with Gasteiger partial charge in [0.25, 0.3) is 0 Å². The fraction of sp³-hybridized carbons (Fsp3) is 1.00. The first-order valence-electron chi connectivity index (χ1n) is 14.0. The van der Waals surface area contributed by atoms with Gasteiger partial charge in [0.1, 0.15) is 0 Å². The Kier molecular flexibility index (Phi) is 25.1. The van der Waals surface area contributed by atoms with Gasteiger partial charge in [0.05, 0.1) is 19.3 Å². The fourth-order valence-corrected chi connectivity index (χ4v) is 4.66. The molecule has 0 aromatic heterocycles. The summed E-state index contributed by atoms with van der Waals surface area (Å²) >= 11 is 0. The first-order valence-corrected chi connectivity index (χ1v) is 14.0. The Morgan fingerprint density at radius 1 is 0.567 bits per heavy atom. The average Bonchev–Trinajstić information content (AvgIpc) is 2.75. The first kappa shape index (κ1) is 29.9. The summed E-state index contributed by atoms with van der Waals surface area (Å²) in [6.07, 6.45) is 29.7. The van der Waals surface area contributed by atoms with E-state index in [2.05, 4.69) is 20.8 Å². The third-order valence-corrected chi connectivity index (χ3v) is 6.59. The van der Waals surface area contributed by atoms with Crippen molar-refractivity contribution in [2.75, 3.05) is 13.2 Å². The fourth-order valence-electron chi connectivity index (χ4n) is 4.66. The second-order valence-corrected chi connectivity index (χ2v) is 9.74. The molecule has 2 heteroatoms. The van der Waals surface area contributed by atoms with Crippen LogP contribution in [0, 0.1) is 5.92 Å². The summed E-state index contributed by atoms with van der Waals surface area (Å²) < 4.78 is 5.75. The lowest BCUT2D eigenvalue weighted by Gasteiger charge is -2.21. The Morgan fingerprint density at radius 3 is 1.30 bits per heavy atom. The minimum atomic E-state index is 0.144. The van der Waals surface area contributed by atoms with Crippen LogP contribution in [0.15, 0.2) is 0 Å². The van der Waals surface area contributed by atoms with E-state index in [9.17, 15) is 0 Å². The summed E-state index contributed by atoms with van der Waals surface area (Å²) in [5.74, 6) is 0.813. The molecule has 2 atom stereocenters. The van der Waals surface area contributed by atoms with Crippen molar-refractivity contribution in [3.8, 4) is 0 Å². The number of hydrogen-bond donors (Lipinski definition) is 1. The standard InChI is InChI=1S/C28H58O2/c1-4-6-8-10-12-14-15-17-19-21-23-28(26-27(3)30-25-24-29)22-20-18-16-13-11-9-7-5-2/h27-29H,4-26H2,1-3H3. The van der Waals surface area contributed by atoms with Gasteiger partial charge in [-0.05, 0) is 19.3 Å². The van der Waals surface area contributed by atoms with Crippen LogP contribution in [-0.2, 0) is 4.74 Å². The summed E-state index contributed by atoms with van der Waals surface area (Å²) in [5, 5.41) is 9.01. The van der Waals surface area contributed by atoms with Crippen molar-refractivity contribution in [2.45, 2.75) is 162 Å². The highest BCUT2D eigenvalue weighted by molar-refractivity contribution is 4.65. The Balaban J connectivity index is 3.85. The van der Waals surface area contributed by atoms with Crippen molar-refractivity contribution in [3.63, 3.8) is 0 Å². The van der Waals surface area contributed by atoms with Gasteiger partial charge in [0.2, 0.25) is 0 Å². The molecule has 0 saturated carbocycles. The van der Waals surface area contributed by atoms with Crippen LogP contribution in [0.3, 0.4) is 0 Å². The van der Waals surface area contributed by atoms with Crippen LogP contribution < -0.4 is 0 Å². The van der Waals surface area contributed by atoms with Crippen LogP contribution >= 0.6 is 0 Å². The van der Waals surface area contributed by atoms with Crippen LogP contribution in [-0.4, -0.2) is 24.4 Å². The number of unbranched alkanes of at least 4 members (excludes halogenated alkanes) is 16. The van der Waals surface area contributed by atoms with Gasteiger partial charge in [-0.2, -0.15) is 0 Å². The minimum absolute atomic E-state index is 0.144. The molecule has 0 radical (unpaired) electrons. The summed E-state index contributed by atoms with van der Waals surface area (Å²) in [5.41, 5.74) is 0. The maximum absolute atomic E-state index is 9.01. The summed E-state index contributed by atoms with van der Waals surface area (Å²) in [4.78, 5) is 0. The van der Waals surface area contributed by atoms with Crippen molar-refractivity contribution < 1.29 is 9.84 Å². The molecule has 0 bridgehead atoms. The maximum Gasteiger partial charge on any atom is 0.0701 e. The predicted octanol–water partition coefficient (Wildman–Crippen LogP) is 9.23. The molecule has 0 rings (SSSR count). The Hall–Kier alpha value is -0.0800. The highest BCUT2D eigenvalue weighted by Gasteiger charge is 2.13. The first-order chi connectivity index (χ1) is 14.7. The lowest BCUT2D eigenvalue weighted by atomic mass is 9.89. The van der Waals surface area contributed by atoms with E-state index in [1.54, 1.807) is 0 Å². The van der Waals surface area contributed by atoms with Crippen LogP contribution in [0.1, 0.15) is 156 Å². The maximum atomic E-state index is 9.01. The van der Waals surface area contributed by atoms with E-state index in [4.69, 9.17) is 9.84 Å². The van der Waals surface area contributed by atoms with Crippen LogP contribution in [0.25, 0.3) is 0 Å². The van der Waals surface area contributed by atoms with Gasteiger partial charge >= 0.3 is 0 Å². The van der Waals surface area contributed by atoms with Crippen molar-refractivity contribution in [2.24, 2.45) is 5.92 Å². The number of hydrogen-bond acceptors (Lipinski definition) is 2. The molecule has 2 nitrogen and oxygen atoms in total. The zero-order valence-corrected chi connectivity index (χ0v) is 21.3. The van der Waals surface area contributed by atoms with Crippen molar-refractivity contribution >= 4 is 0 Å². The quantitative estimate of drug-likeness (QED) is 0.147. The highest BCUT2D eigenvalue weighted by Crippen LogP contribution is 2.24. The van der Waals surface area contributed by atoms with Gasteiger partial charge in [-0.1, -0.05) is 142 Å². The van der Waals surface area contributed by atoms with Gasteiger partial charge in [0.15, 0.2) is 0 Å². The molecular weight excluding hydrogens is 368 g/mol. The summed E-state index contributed by atoms with van der Waals surface area (Å²) in [6.45, 7) is 7.41. The van der Waals surface area contributed by atoms with Crippen LogP contribution in [0.4, 0.5) is 0 Å². The minimum Gasteiger partial charge on any atom is -0.394 e. The molecule has 0 saturated heterocycles. The van der Waals surface area contributed by atoms with Crippen molar-refractivity contribution in [1.82, 2.24) is 0 Å². The molecule has 0 aliphatic heterocycles. The molecule has 0 aromatic rings. The molecule has 0 spiro atoms. The van der Waals surface area contributed by atoms with Crippen molar-refractivity contribution in [3.05, 3.63) is 0 Å². The Morgan fingerprint density at radius 2 is 0.933 bits per heavy atom. The molecule has 0 amide bonds. The molecular formula is C28H58O2. The smallest absolute Gasteiger partial charge is 0.0701 e. The van der Waals surface area contributed by atoms with E-state index in [-0.39, 0.29) is 6.61 Å². The average molecular weight is 427 g/mol. The highest BCUT2D eigenvalue weighted by atomic mass is 16.5. The summed E-state index contributed by atoms with van der Waals surface area (Å²) in [7, 11) is 0. The van der Waals surface area contributed by atoms with Gasteiger partial charge in [-0.25, -0.2) is 0 Å². The third kappa shape index (κ3) is 22.6. The van der Waals surface area contributed by atoms with E-state index in [0.29, 0.717) is 12.7 Å². The second-order valence-electron chi connectivity index (χ2n) is 9.74. The summed E-state index contributed by atoms with van der Waals surface area (Å²) in [6, 6.07) is 0. The van der Waals surface area contributed by atoms with Gasteiger partial charge in [-0.15, -0.1) is 0 Å². The lowest BCUT2D eigenvalue weighted by Crippen LogP contribution is -2.16. The van der Waals surface area contributed by atoms with E-state index in [1.165, 1.54) is 135 Å². The number of aliphatic hydroxyl groups excluding tert-OH is 1. The predicted molar refractivity (Wildman–Crippen MR) is 134 cm³/mol. The van der Waals surface area contributed by atoms with E-state index < -0.39 is 0 Å². The number of ether oxygens (including phenoxy) is 1. The zero-order valence-electron chi connectivity index (χ0n) is 21.3. The Labute approximate surface area is 191 Å². The molecule has 2 unspecified atom stereocenters. The Bertz CT molecular complexity index is 305. The third-order valence-electron chi connectivity index (χ3n) is 6.59. The largest absolute Gasteiger partial charge is 0.394 e. The molecule has 0 aliphatic carbocycles. The van der Waals surface area contributed by atoms with E-state index >= 15 is 0 Å². The second kappa shape index (κ2) is 25.2. The number of aliphatic hydroxyl groups is 1. The van der Waals surface area contributed by atoms with E-state index in [0.717, 1.165) is 5.92 Å². The van der Waals surface area contributed by atoms with Crippen LogP contribution in [0.2, 0.25) is 0 Å². The monoisotopic (exact) mass is 426 g/mol. The van der Waals surface area contributed by atoms with Crippen molar-refractivity contribution in [1.29, 1.82) is 0 Å². The molecule has 30 heavy (non-hydrogen) atoms. The lowest BCUT2D eigenvalue weighted by molar-refractivity contribution is 0.0238. The topological polar surface area (TPSA) is 29.5 Å². The van der Waals surface area contributed by atoms with E-state index in [1.807, 2.05) is 0 Å². The molecule has 182 valence electrons. The molecule has 0 heterocycles. The molecule has 0 aromatic carbocycles. The van der Waals surface area contributed by atoms with Crippen LogP contribution in [0.5, 0.6) is 0 Å². The molecule has 1 N–H and O–H groups in total. The van der Waals surface area contributed by atoms with Gasteiger partial charge < -0.3 is 9.84 Å². The zero-order chi connectivity index (χ0) is 22.1. The normalized spacial score (nSPS) is 13.6. The molecule has 0 fully saturated rings. The molecule has 0 aliphatic rings. The van der Waals surface area contributed by atoms with Gasteiger partial charge in [0, 0.05) is 0 Å². The SMILES string of the molecule is CCCCCCCCCCCCC(CCCCCCCCCC)CC(C)OCCO.